The molecule has 0 unspecified atom stereocenters. The summed E-state index contributed by atoms with van der Waals surface area (Å²) in [4.78, 5) is 31.5. The van der Waals surface area contributed by atoms with Crippen LogP contribution in [0.25, 0.3) is 10.9 Å². The van der Waals surface area contributed by atoms with Crippen molar-refractivity contribution in [1.29, 1.82) is 0 Å². The molecular weight excluding hydrogens is 542 g/mol. The number of nitrogens with one attached hydrogen (secondary N) is 1. The van der Waals surface area contributed by atoms with Gasteiger partial charge in [0.2, 0.25) is 0 Å². The molecule has 3 aromatic rings. The summed E-state index contributed by atoms with van der Waals surface area (Å²) in [5, 5.41) is 4.07. The topological polar surface area (TPSA) is 86.3 Å². The first kappa shape index (κ1) is 29.4. The highest BCUT2D eigenvalue weighted by molar-refractivity contribution is 5.90. The van der Waals surface area contributed by atoms with E-state index < -0.39 is 0 Å². The number of likely N-dealkylation sites (tertiary alicyclic amines) is 1. The van der Waals surface area contributed by atoms with E-state index in [2.05, 4.69) is 44.2 Å². The summed E-state index contributed by atoms with van der Waals surface area (Å²) in [6, 6.07) is 12.2. The van der Waals surface area contributed by atoms with Crippen LogP contribution in [-0.2, 0) is 0 Å². The number of anilines is 2. The molecule has 0 aliphatic carbocycles. The van der Waals surface area contributed by atoms with Crippen LogP contribution in [0.1, 0.15) is 43.7 Å². The van der Waals surface area contributed by atoms with Crippen LogP contribution < -0.4 is 19.7 Å². The summed E-state index contributed by atoms with van der Waals surface area (Å²) < 4.78 is 11.9. The molecule has 0 saturated carbocycles. The molecule has 230 valence electrons. The highest BCUT2D eigenvalue weighted by atomic mass is 16.5. The molecule has 1 N–H and O–H groups in total. The Morgan fingerprint density at radius 2 is 1.67 bits per heavy atom. The maximum atomic E-state index is 13.0. The molecular formula is C33H45N7O3. The average Bonchev–Trinajstić information content (AvgIpc) is 3.59. The number of hydrogen-bond acceptors (Lipinski definition) is 8. The van der Waals surface area contributed by atoms with Crippen molar-refractivity contribution in [3.8, 4) is 11.5 Å². The lowest BCUT2D eigenvalue weighted by Gasteiger charge is -2.32. The number of fused-ring (bicyclic) bond motifs is 1. The van der Waals surface area contributed by atoms with Crippen molar-refractivity contribution in [1.82, 2.24) is 24.7 Å². The Morgan fingerprint density at radius 1 is 0.930 bits per heavy atom. The Morgan fingerprint density at radius 3 is 2.40 bits per heavy atom. The van der Waals surface area contributed by atoms with Crippen molar-refractivity contribution in [2.75, 3.05) is 89.9 Å². The van der Waals surface area contributed by atoms with Gasteiger partial charge in [0.1, 0.15) is 6.33 Å². The number of benzene rings is 2. The van der Waals surface area contributed by atoms with Crippen molar-refractivity contribution in [2.24, 2.45) is 0 Å². The standard InChI is InChI=1S/C33H45N7O3/c1-37-17-19-38(20-18-37)12-5-21-43-31-23-29-28(22-30(31)42-2)32(35-24-34-29)25-10-15-40(16-11-25)33(41)36-26-6-8-27(9-7-26)39-13-3-4-14-39/h6-9,22-25H,3-5,10-21H2,1-2H3,(H,36,41). The van der Waals surface area contributed by atoms with Gasteiger partial charge in [0.25, 0.3) is 0 Å². The van der Waals surface area contributed by atoms with E-state index in [-0.39, 0.29) is 11.9 Å². The number of likely N-dealkylation sites (N-methyl/N-ethyl adjacent to an activating group) is 1. The SMILES string of the molecule is COc1cc2c(C3CCN(C(=O)Nc4ccc(N5CCCC5)cc4)CC3)ncnc2cc1OCCCN1CCN(C)CC1. The molecule has 3 aliphatic rings. The van der Waals surface area contributed by atoms with Gasteiger partial charge in [-0.2, -0.15) is 0 Å². The normalized spacial score (nSPS) is 18.7. The number of piperazine rings is 1. The number of ether oxygens (including phenoxy) is 2. The minimum absolute atomic E-state index is 0.0454. The molecule has 6 rings (SSSR count). The minimum Gasteiger partial charge on any atom is -0.493 e. The number of urea groups is 1. The van der Waals surface area contributed by atoms with Gasteiger partial charge in [-0.15, -0.1) is 0 Å². The molecule has 0 radical (unpaired) electrons. The van der Waals surface area contributed by atoms with E-state index in [0.717, 1.165) is 93.1 Å². The molecule has 2 amide bonds. The third kappa shape index (κ3) is 7.13. The molecule has 1 aromatic heterocycles. The fourth-order valence-corrected chi connectivity index (χ4v) is 6.51. The summed E-state index contributed by atoms with van der Waals surface area (Å²) in [6.07, 6.45) is 6.81. The zero-order valence-corrected chi connectivity index (χ0v) is 25.6. The second kappa shape index (κ2) is 13.8. The minimum atomic E-state index is -0.0454. The van der Waals surface area contributed by atoms with Crippen LogP contribution in [0.4, 0.5) is 16.2 Å². The number of piperidine rings is 1. The number of amides is 2. The van der Waals surface area contributed by atoms with Gasteiger partial charge in [0.15, 0.2) is 11.5 Å². The zero-order chi connectivity index (χ0) is 29.6. The van der Waals surface area contributed by atoms with E-state index >= 15 is 0 Å². The Bertz CT molecular complexity index is 1360. The number of rotatable bonds is 9. The maximum Gasteiger partial charge on any atom is 0.321 e. The molecule has 2 aromatic carbocycles. The van der Waals surface area contributed by atoms with Gasteiger partial charge in [-0.05, 0) is 69.5 Å². The molecule has 3 saturated heterocycles. The van der Waals surface area contributed by atoms with Crippen LogP contribution in [0.5, 0.6) is 11.5 Å². The van der Waals surface area contributed by atoms with Crippen molar-refractivity contribution < 1.29 is 14.3 Å². The number of methoxy groups -OCH3 is 1. The number of aromatic nitrogens is 2. The van der Waals surface area contributed by atoms with Crippen molar-refractivity contribution in [2.45, 2.75) is 38.0 Å². The first-order valence-corrected chi connectivity index (χ1v) is 15.8. The van der Waals surface area contributed by atoms with Crippen LogP contribution >= 0.6 is 0 Å². The Kier molecular flexibility index (Phi) is 9.43. The summed E-state index contributed by atoms with van der Waals surface area (Å²) in [5.74, 6) is 1.67. The van der Waals surface area contributed by atoms with Crippen LogP contribution in [-0.4, -0.2) is 110 Å². The molecule has 10 heteroatoms. The second-order valence-corrected chi connectivity index (χ2v) is 12.1. The second-order valence-electron chi connectivity index (χ2n) is 12.1. The van der Waals surface area contributed by atoms with Gasteiger partial charge in [-0.25, -0.2) is 14.8 Å². The van der Waals surface area contributed by atoms with Crippen LogP contribution in [0.2, 0.25) is 0 Å². The zero-order valence-electron chi connectivity index (χ0n) is 25.6. The first-order chi connectivity index (χ1) is 21.1. The lowest BCUT2D eigenvalue weighted by Crippen LogP contribution is -2.44. The van der Waals surface area contributed by atoms with E-state index in [9.17, 15) is 4.79 Å². The Labute approximate surface area is 255 Å². The monoisotopic (exact) mass is 587 g/mol. The van der Waals surface area contributed by atoms with Crippen molar-refractivity contribution >= 4 is 28.3 Å². The van der Waals surface area contributed by atoms with Gasteiger partial charge in [-0.1, -0.05) is 0 Å². The van der Waals surface area contributed by atoms with Crippen LogP contribution in [0.3, 0.4) is 0 Å². The Balaban J connectivity index is 1.04. The Hall–Kier alpha value is -3.63. The van der Waals surface area contributed by atoms with E-state index in [4.69, 9.17) is 14.5 Å². The average molecular weight is 588 g/mol. The maximum absolute atomic E-state index is 13.0. The van der Waals surface area contributed by atoms with Gasteiger partial charge in [0, 0.05) is 87.6 Å². The van der Waals surface area contributed by atoms with Gasteiger partial charge < -0.3 is 34.4 Å². The van der Waals surface area contributed by atoms with E-state index in [1.807, 2.05) is 29.2 Å². The number of carbonyl (C=O) groups is 1. The van der Waals surface area contributed by atoms with Gasteiger partial charge >= 0.3 is 6.03 Å². The van der Waals surface area contributed by atoms with Gasteiger partial charge in [-0.3, -0.25) is 0 Å². The summed E-state index contributed by atoms with van der Waals surface area (Å²) >= 11 is 0. The van der Waals surface area contributed by atoms with Crippen molar-refractivity contribution in [3.05, 3.63) is 48.4 Å². The molecule has 3 aliphatic heterocycles. The predicted octanol–water partition coefficient (Wildman–Crippen LogP) is 4.67. The molecule has 43 heavy (non-hydrogen) atoms. The third-order valence-electron chi connectivity index (χ3n) is 9.18. The molecule has 3 fully saturated rings. The third-order valence-corrected chi connectivity index (χ3v) is 9.18. The fourth-order valence-electron chi connectivity index (χ4n) is 6.51. The summed E-state index contributed by atoms with van der Waals surface area (Å²) in [5.41, 5.74) is 3.94. The lowest BCUT2D eigenvalue weighted by atomic mass is 9.91. The summed E-state index contributed by atoms with van der Waals surface area (Å²) in [6.45, 7) is 9.74. The molecule has 4 heterocycles. The lowest BCUT2D eigenvalue weighted by molar-refractivity contribution is 0.145. The van der Waals surface area contributed by atoms with E-state index in [1.54, 1.807) is 13.4 Å². The van der Waals surface area contributed by atoms with Crippen LogP contribution in [0, 0.1) is 0 Å². The molecule has 0 spiro atoms. The van der Waals surface area contributed by atoms with Gasteiger partial charge in [0.05, 0.1) is 24.9 Å². The van der Waals surface area contributed by atoms with Crippen molar-refractivity contribution in [3.63, 3.8) is 0 Å². The number of carbonyl (C=O) groups excluding carboxylic acids is 1. The quantitative estimate of drug-likeness (QED) is 0.362. The smallest absolute Gasteiger partial charge is 0.321 e. The molecule has 0 atom stereocenters. The largest absolute Gasteiger partial charge is 0.493 e. The molecule has 10 nitrogen and oxygen atoms in total. The summed E-state index contributed by atoms with van der Waals surface area (Å²) in [7, 11) is 3.86. The molecule has 0 bridgehead atoms. The highest BCUT2D eigenvalue weighted by Crippen LogP contribution is 2.37. The van der Waals surface area contributed by atoms with E-state index in [1.165, 1.54) is 18.5 Å². The van der Waals surface area contributed by atoms with E-state index in [0.29, 0.717) is 25.4 Å². The predicted molar refractivity (Wildman–Crippen MR) is 171 cm³/mol. The first-order valence-electron chi connectivity index (χ1n) is 15.8. The van der Waals surface area contributed by atoms with Crippen LogP contribution in [0.15, 0.2) is 42.7 Å². The number of hydrogen-bond donors (Lipinski definition) is 1. The fraction of sp³-hybridized carbons (Fsp3) is 0.545. The number of nitrogens with zero attached hydrogens (tertiary/aromatic N) is 6. The highest BCUT2D eigenvalue weighted by Gasteiger charge is 2.27.